The number of carbonyl (C=O) groups is 1. The summed E-state index contributed by atoms with van der Waals surface area (Å²) in [5.41, 5.74) is 0. The second-order valence-electron chi connectivity index (χ2n) is 4.74. The molecule has 2 unspecified atom stereocenters. The third kappa shape index (κ3) is 3.13. The Morgan fingerprint density at radius 3 is 2.55 bits per heavy atom. The van der Waals surface area contributed by atoms with E-state index in [2.05, 4.69) is 4.72 Å². The van der Waals surface area contributed by atoms with Crippen LogP contribution in [0.2, 0.25) is 0 Å². The third-order valence-corrected chi connectivity index (χ3v) is 4.84. The Hall–Kier alpha value is -1.54. The molecule has 0 aliphatic heterocycles. The van der Waals surface area contributed by atoms with Crippen LogP contribution in [0.15, 0.2) is 23.1 Å². The largest absolute Gasteiger partial charge is 0.481 e. The van der Waals surface area contributed by atoms with Gasteiger partial charge in [0.1, 0.15) is 16.5 Å². The lowest BCUT2D eigenvalue weighted by atomic mass is 10.1. The predicted molar refractivity (Wildman–Crippen MR) is 65.4 cm³/mol. The number of benzene rings is 1. The standard InChI is InChI=1S/C12H13F2NO4S/c13-8-2-4-11(10(14)6-8)20(18,19)15-9-3-1-7(5-9)12(16)17/h2,4,6-7,9,15H,1,3,5H2,(H,16,17). The van der Waals surface area contributed by atoms with E-state index in [1.165, 1.54) is 0 Å². The van der Waals surface area contributed by atoms with Gasteiger partial charge in [-0.2, -0.15) is 0 Å². The number of aliphatic carboxylic acids is 1. The molecule has 5 nitrogen and oxygen atoms in total. The smallest absolute Gasteiger partial charge is 0.306 e. The summed E-state index contributed by atoms with van der Waals surface area (Å²) in [5.74, 6) is -3.61. The number of carboxylic acids is 1. The summed E-state index contributed by atoms with van der Waals surface area (Å²) in [4.78, 5) is 10.2. The first kappa shape index (κ1) is 14.9. The summed E-state index contributed by atoms with van der Waals surface area (Å²) in [5, 5.41) is 8.84. The van der Waals surface area contributed by atoms with Crippen molar-refractivity contribution in [2.75, 3.05) is 0 Å². The van der Waals surface area contributed by atoms with Crippen molar-refractivity contribution in [3.63, 3.8) is 0 Å². The monoisotopic (exact) mass is 305 g/mol. The molecule has 0 saturated heterocycles. The van der Waals surface area contributed by atoms with Crippen LogP contribution < -0.4 is 4.72 Å². The van der Waals surface area contributed by atoms with Gasteiger partial charge in [-0.05, 0) is 31.4 Å². The van der Waals surface area contributed by atoms with Gasteiger partial charge in [0.15, 0.2) is 0 Å². The van der Waals surface area contributed by atoms with Crippen LogP contribution in [0.5, 0.6) is 0 Å². The first-order valence-electron chi connectivity index (χ1n) is 6.00. The van der Waals surface area contributed by atoms with Crippen LogP contribution in [0.3, 0.4) is 0 Å². The zero-order valence-electron chi connectivity index (χ0n) is 10.3. The summed E-state index contributed by atoms with van der Waals surface area (Å²) in [6.45, 7) is 0. The maximum absolute atomic E-state index is 13.5. The molecule has 1 fully saturated rings. The van der Waals surface area contributed by atoms with Gasteiger partial charge < -0.3 is 5.11 Å². The highest BCUT2D eigenvalue weighted by atomic mass is 32.2. The van der Waals surface area contributed by atoms with Gasteiger partial charge in [-0.3, -0.25) is 4.79 Å². The molecule has 1 aromatic carbocycles. The highest BCUT2D eigenvalue weighted by Crippen LogP contribution is 2.27. The molecule has 0 bridgehead atoms. The second kappa shape index (κ2) is 5.45. The summed E-state index contributed by atoms with van der Waals surface area (Å²) in [7, 11) is -4.12. The molecule has 0 spiro atoms. The summed E-state index contributed by atoms with van der Waals surface area (Å²) in [6.07, 6.45) is 0.908. The van der Waals surface area contributed by atoms with E-state index >= 15 is 0 Å². The van der Waals surface area contributed by atoms with E-state index in [1.54, 1.807) is 0 Å². The minimum Gasteiger partial charge on any atom is -0.481 e. The van der Waals surface area contributed by atoms with Crippen molar-refractivity contribution < 1.29 is 27.1 Å². The lowest BCUT2D eigenvalue weighted by molar-refractivity contribution is -0.141. The van der Waals surface area contributed by atoms with Crippen LogP contribution in [0, 0.1) is 17.6 Å². The van der Waals surface area contributed by atoms with Gasteiger partial charge in [0.05, 0.1) is 5.92 Å². The van der Waals surface area contributed by atoms with Crippen molar-refractivity contribution in [1.82, 2.24) is 4.72 Å². The fourth-order valence-electron chi connectivity index (χ4n) is 2.29. The fourth-order valence-corrected chi connectivity index (χ4v) is 3.63. The minimum absolute atomic E-state index is 0.164. The first-order chi connectivity index (χ1) is 9.29. The van der Waals surface area contributed by atoms with Gasteiger partial charge in [-0.15, -0.1) is 0 Å². The van der Waals surface area contributed by atoms with Gasteiger partial charge in [0, 0.05) is 12.1 Å². The van der Waals surface area contributed by atoms with Gasteiger partial charge in [-0.25, -0.2) is 21.9 Å². The number of sulfonamides is 1. The van der Waals surface area contributed by atoms with Crippen LogP contribution in [0.4, 0.5) is 8.78 Å². The van der Waals surface area contributed by atoms with Crippen molar-refractivity contribution in [1.29, 1.82) is 0 Å². The normalized spacial score (nSPS) is 22.9. The lowest BCUT2D eigenvalue weighted by Gasteiger charge is -2.13. The quantitative estimate of drug-likeness (QED) is 0.883. The topological polar surface area (TPSA) is 83.5 Å². The lowest BCUT2D eigenvalue weighted by Crippen LogP contribution is -2.33. The molecule has 0 radical (unpaired) electrons. The summed E-state index contributed by atoms with van der Waals surface area (Å²) >= 11 is 0. The average Bonchev–Trinajstić information content (AvgIpc) is 2.76. The molecule has 1 aromatic rings. The molecule has 0 aromatic heterocycles. The van der Waals surface area contributed by atoms with Crippen molar-refractivity contribution in [3.8, 4) is 0 Å². The molecule has 0 heterocycles. The molecule has 1 aliphatic carbocycles. The number of hydrogen-bond acceptors (Lipinski definition) is 3. The maximum Gasteiger partial charge on any atom is 0.306 e. The minimum atomic E-state index is -4.12. The average molecular weight is 305 g/mol. The third-order valence-electron chi connectivity index (χ3n) is 3.29. The Balaban J connectivity index is 2.14. The number of rotatable bonds is 4. The Labute approximate surface area is 114 Å². The molecule has 2 atom stereocenters. The Bertz CT molecular complexity index is 632. The van der Waals surface area contributed by atoms with E-state index in [-0.39, 0.29) is 6.42 Å². The van der Waals surface area contributed by atoms with Gasteiger partial charge >= 0.3 is 5.97 Å². The van der Waals surface area contributed by atoms with E-state index < -0.39 is 44.5 Å². The summed E-state index contributed by atoms with van der Waals surface area (Å²) in [6, 6.07) is 1.64. The molecular weight excluding hydrogens is 292 g/mol. The first-order valence-corrected chi connectivity index (χ1v) is 7.48. The predicted octanol–water partition coefficient (Wildman–Crippen LogP) is 1.50. The van der Waals surface area contributed by atoms with Crippen LogP contribution >= 0.6 is 0 Å². The molecule has 1 saturated carbocycles. The van der Waals surface area contributed by atoms with Gasteiger partial charge in [-0.1, -0.05) is 0 Å². The van der Waals surface area contributed by atoms with Crippen molar-refractivity contribution in [2.24, 2.45) is 5.92 Å². The van der Waals surface area contributed by atoms with E-state index in [1.807, 2.05) is 0 Å². The molecule has 0 amide bonds. The van der Waals surface area contributed by atoms with Crippen molar-refractivity contribution in [2.45, 2.75) is 30.2 Å². The SMILES string of the molecule is O=C(O)C1CCC(NS(=O)(=O)c2ccc(F)cc2F)C1. The molecular formula is C12H13F2NO4S. The zero-order valence-corrected chi connectivity index (χ0v) is 11.2. The van der Waals surface area contributed by atoms with E-state index in [9.17, 15) is 22.0 Å². The van der Waals surface area contributed by atoms with Crippen molar-refractivity contribution >= 4 is 16.0 Å². The number of halogens is 2. The molecule has 110 valence electrons. The van der Waals surface area contributed by atoms with Crippen molar-refractivity contribution in [3.05, 3.63) is 29.8 Å². The van der Waals surface area contributed by atoms with E-state index in [0.29, 0.717) is 18.9 Å². The number of nitrogens with one attached hydrogen (secondary N) is 1. The fraction of sp³-hybridized carbons (Fsp3) is 0.417. The summed E-state index contributed by atoms with van der Waals surface area (Å²) < 4.78 is 52.4. The molecule has 2 N–H and O–H groups in total. The number of carboxylic acid groups (broad SMARTS) is 1. The highest BCUT2D eigenvalue weighted by Gasteiger charge is 2.33. The maximum atomic E-state index is 13.5. The van der Waals surface area contributed by atoms with Gasteiger partial charge in [0.2, 0.25) is 10.0 Å². The second-order valence-corrected chi connectivity index (χ2v) is 6.42. The Morgan fingerprint density at radius 2 is 2.00 bits per heavy atom. The van der Waals surface area contributed by atoms with Crippen LogP contribution in [0.1, 0.15) is 19.3 Å². The van der Waals surface area contributed by atoms with E-state index in [4.69, 9.17) is 5.11 Å². The zero-order chi connectivity index (χ0) is 14.9. The molecule has 2 rings (SSSR count). The molecule has 1 aliphatic rings. The van der Waals surface area contributed by atoms with E-state index in [0.717, 1.165) is 12.1 Å². The highest BCUT2D eigenvalue weighted by molar-refractivity contribution is 7.89. The van der Waals surface area contributed by atoms with Crippen LogP contribution in [0.25, 0.3) is 0 Å². The molecule has 20 heavy (non-hydrogen) atoms. The van der Waals surface area contributed by atoms with Crippen LogP contribution in [-0.2, 0) is 14.8 Å². The molecule has 8 heteroatoms. The van der Waals surface area contributed by atoms with Crippen LogP contribution in [-0.4, -0.2) is 25.5 Å². The Morgan fingerprint density at radius 1 is 1.30 bits per heavy atom. The number of hydrogen-bond donors (Lipinski definition) is 2. The van der Waals surface area contributed by atoms with Gasteiger partial charge in [0.25, 0.3) is 0 Å². The Kier molecular flexibility index (Phi) is 4.05.